The summed E-state index contributed by atoms with van der Waals surface area (Å²) >= 11 is 0. The summed E-state index contributed by atoms with van der Waals surface area (Å²) in [4.78, 5) is 11.5. The fourth-order valence-electron chi connectivity index (χ4n) is 2.37. The Hall–Kier alpha value is -1.93. The Balaban J connectivity index is 1.85. The Morgan fingerprint density at radius 2 is 2.00 bits per heavy atom. The van der Waals surface area contributed by atoms with Crippen LogP contribution in [-0.4, -0.2) is 46.5 Å². The van der Waals surface area contributed by atoms with Crippen LogP contribution in [0.1, 0.15) is 5.56 Å². The van der Waals surface area contributed by atoms with Crippen LogP contribution in [0.3, 0.4) is 0 Å². The Morgan fingerprint density at radius 1 is 1.23 bits per heavy atom. The van der Waals surface area contributed by atoms with Gasteiger partial charge in [-0.2, -0.15) is 0 Å². The smallest absolute Gasteiger partial charge is 0.339 e. The van der Waals surface area contributed by atoms with Crippen LogP contribution in [0.25, 0.3) is 11.0 Å². The third-order valence-corrected chi connectivity index (χ3v) is 3.63. The number of rotatable bonds is 3. The molecular weight excluding hydrogens is 292 g/mol. The van der Waals surface area contributed by atoms with Crippen molar-refractivity contribution in [1.82, 2.24) is 0 Å². The molecule has 2 heterocycles. The molecule has 0 bridgehead atoms. The molecule has 3 rings (SSSR count). The molecule has 1 fully saturated rings. The standard InChI is InChI=1S/C15H16O7/c1-7-4-8-2-3-9(5-10(8)21-14(7)19)20-15-13(18)12(17)11(6-16)22-15/h2-5,11-13,15-18H,6H2,1H3/t11-,12-,13+,15+/m1/s1. The molecule has 0 aliphatic carbocycles. The molecule has 1 aromatic carbocycles. The largest absolute Gasteiger partial charge is 0.462 e. The van der Waals surface area contributed by atoms with Gasteiger partial charge in [-0.1, -0.05) is 0 Å². The van der Waals surface area contributed by atoms with Gasteiger partial charge in [0.25, 0.3) is 0 Å². The highest BCUT2D eigenvalue weighted by Crippen LogP contribution is 2.26. The first-order valence-corrected chi connectivity index (χ1v) is 6.83. The normalized spacial score (nSPS) is 28.2. The Kier molecular flexibility index (Phi) is 3.88. The number of hydrogen-bond acceptors (Lipinski definition) is 7. The maximum absolute atomic E-state index is 11.5. The second kappa shape index (κ2) is 5.69. The lowest BCUT2D eigenvalue weighted by molar-refractivity contribution is -0.116. The summed E-state index contributed by atoms with van der Waals surface area (Å²) in [5.41, 5.74) is 0.419. The first kappa shape index (κ1) is 15.0. The highest BCUT2D eigenvalue weighted by molar-refractivity contribution is 5.78. The lowest BCUT2D eigenvalue weighted by Crippen LogP contribution is -2.35. The molecule has 0 saturated carbocycles. The molecule has 1 aliphatic rings. The fraction of sp³-hybridized carbons (Fsp3) is 0.400. The lowest BCUT2D eigenvalue weighted by atomic mass is 10.1. The predicted octanol–water partition coefficient (Wildman–Crippen LogP) is -0.0808. The SMILES string of the molecule is Cc1cc2ccc(O[C@H]3O[C@H](CO)[C@@H](O)[C@@H]3O)cc2oc1=O. The first-order chi connectivity index (χ1) is 10.5. The molecule has 118 valence electrons. The first-order valence-electron chi connectivity index (χ1n) is 6.83. The summed E-state index contributed by atoms with van der Waals surface area (Å²) in [5.74, 6) is 0.314. The number of fused-ring (bicyclic) bond motifs is 1. The van der Waals surface area contributed by atoms with Crippen molar-refractivity contribution in [1.29, 1.82) is 0 Å². The van der Waals surface area contributed by atoms with Gasteiger partial charge in [-0.15, -0.1) is 0 Å². The van der Waals surface area contributed by atoms with Crippen molar-refractivity contribution < 1.29 is 29.2 Å². The summed E-state index contributed by atoms with van der Waals surface area (Å²) in [6.45, 7) is 1.23. The van der Waals surface area contributed by atoms with Gasteiger partial charge in [0.2, 0.25) is 6.29 Å². The van der Waals surface area contributed by atoms with Gasteiger partial charge in [0.05, 0.1) is 6.61 Å². The van der Waals surface area contributed by atoms with E-state index in [1.165, 1.54) is 6.07 Å². The van der Waals surface area contributed by atoms with Crippen LogP contribution in [0.2, 0.25) is 0 Å². The van der Waals surface area contributed by atoms with E-state index in [-0.39, 0.29) is 0 Å². The van der Waals surface area contributed by atoms with Crippen LogP contribution < -0.4 is 10.4 Å². The zero-order valence-electron chi connectivity index (χ0n) is 11.8. The third kappa shape index (κ3) is 2.59. The van der Waals surface area contributed by atoms with E-state index in [0.29, 0.717) is 16.9 Å². The van der Waals surface area contributed by atoms with Gasteiger partial charge < -0.3 is 29.2 Å². The zero-order valence-corrected chi connectivity index (χ0v) is 11.8. The summed E-state index contributed by atoms with van der Waals surface area (Å²) in [6, 6.07) is 6.56. The third-order valence-electron chi connectivity index (χ3n) is 3.63. The van der Waals surface area contributed by atoms with Crippen molar-refractivity contribution in [3.63, 3.8) is 0 Å². The second-order valence-electron chi connectivity index (χ2n) is 5.24. The van der Waals surface area contributed by atoms with Gasteiger partial charge >= 0.3 is 5.63 Å². The Morgan fingerprint density at radius 3 is 2.68 bits per heavy atom. The van der Waals surface area contributed by atoms with Crippen molar-refractivity contribution in [3.8, 4) is 5.75 Å². The highest BCUT2D eigenvalue weighted by atomic mass is 16.7. The molecule has 0 spiro atoms. The van der Waals surface area contributed by atoms with Crippen LogP contribution >= 0.6 is 0 Å². The van der Waals surface area contributed by atoms with Gasteiger partial charge in [-0.05, 0) is 25.1 Å². The van der Waals surface area contributed by atoms with E-state index in [9.17, 15) is 15.0 Å². The molecule has 3 N–H and O–H groups in total. The van der Waals surface area contributed by atoms with Crippen molar-refractivity contribution in [2.24, 2.45) is 0 Å². The molecular formula is C15H16O7. The number of ether oxygens (including phenoxy) is 2. The topological polar surface area (TPSA) is 109 Å². The molecule has 2 aromatic rings. The van der Waals surface area contributed by atoms with E-state index in [1.54, 1.807) is 25.1 Å². The number of benzene rings is 1. The molecule has 0 unspecified atom stereocenters. The van der Waals surface area contributed by atoms with Gasteiger partial charge in [0.15, 0.2) is 0 Å². The van der Waals surface area contributed by atoms with Crippen LogP contribution in [-0.2, 0) is 4.74 Å². The minimum Gasteiger partial charge on any atom is -0.462 e. The van der Waals surface area contributed by atoms with E-state index < -0.39 is 36.8 Å². The number of aryl methyl sites for hydroxylation is 1. The van der Waals surface area contributed by atoms with Crippen molar-refractivity contribution in [3.05, 3.63) is 40.2 Å². The average Bonchev–Trinajstić information content (AvgIpc) is 2.76. The summed E-state index contributed by atoms with van der Waals surface area (Å²) < 4.78 is 15.9. The molecule has 1 aromatic heterocycles. The van der Waals surface area contributed by atoms with Gasteiger partial charge in [-0.3, -0.25) is 0 Å². The quantitative estimate of drug-likeness (QED) is 0.680. The molecule has 0 amide bonds. The molecule has 7 heteroatoms. The van der Waals surface area contributed by atoms with E-state index >= 15 is 0 Å². The van der Waals surface area contributed by atoms with Crippen LogP contribution in [0.15, 0.2) is 33.5 Å². The lowest BCUT2D eigenvalue weighted by Gasteiger charge is -2.16. The predicted molar refractivity (Wildman–Crippen MR) is 75.6 cm³/mol. The zero-order chi connectivity index (χ0) is 15.9. The molecule has 4 atom stereocenters. The molecule has 22 heavy (non-hydrogen) atoms. The molecule has 0 radical (unpaired) electrons. The number of hydrogen-bond donors (Lipinski definition) is 3. The van der Waals surface area contributed by atoms with Gasteiger partial charge in [0, 0.05) is 17.0 Å². The second-order valence-corrected chi connectivity index (χ2v) is 5.24. The fourth-order valence-corrected chi connectivity index (χ4v) is 2.37. The van der Waals surface area contributed by atoms with Gasteiger partial charge in [-0.25, -0.2) is 4.79 Å². The van der Waals surface area contributed by atoms with E-state index in [1.807, 2.05) is 0 Å². The number of aliphatic hydroxyl groups is 3. The van der Waals surface area contributed by atoms with Crippen molar-refractivity contribution in [2.45, 2.75) is 31.5 Å². The summed E-state index contributed by atoms with van der Waals surface area (Å²) in [5, 5.41) is 29.3. The van der Waals surface area contributed by atoms with E-state index in [2.05, 4.69) is 0 Å². The maximum Gasteiger partial charge on any atom is 0.339 e. The minimum absolute atomic E-state index is 0.314. The minimum atomic E-state index is -1.28. The average molecular weight is 308 g/mol. The van der Waals surface area contributed by atoms with Crippen molar-refractivity contribution >= 4 is 11.0 Å². The van der Waals surface area contributed by atoms with E-state index in [0.717, 1.165) is 5.39 Å². The van der Waals surface area contributed by atoms with Crippen molar-refractivity contribution in [2.75, 3.05) is 6.61 Å². The molecule has 7 nitrogen and oxygen atoms in total. The Labute approximate surface area is 125 Å². The van der Waals surface area contributed by atoms with E-state index in [4.69, 9.17) is 19.0 Å². The van der Waals surface area contributed by atoms with Crippen LogP contribution in [0.5, 0.6) is 5.75 Å². The number of aliphatic hydroxyl groups excluding tert-OH is 3. The highest BCUT2D eigenvalue weighted by Gasteiger charge is 2.43. The summed E-state index contributed by atoms with van der Waals surface area (Å²) in [6.07, 6.45) is -4.52. The van der Waals surface area contributed by atoms with Gasteiger partial charge in [0.1, 0.15) is 29.6 Å². The Bertz CT molecular complexity index is 738. The summed E-state index contributed by atoms with van der Waals surface area (Å²) in [7, 11) is 0. The van der Waals surface area contributed by atoms with Crippen LogP contribution in [0, 0.1) is 6.92 Å². The maximum atomic E-state index is 11.5. The van der Waals surface area contributed by atoms with Crippen LogP contribution in [0.4, 0.5) is 0 Å². The molecule has 1 aliphatic heterocycles. The monoisotopic (exact) mass is 308 g/mol. The molecule has 1 saturated heterocycles.